The number of piperazine rings is 1. The van der Waals surface area contributed by atoms with Gasteiger partial charge in [0.15, 0.2) is 0 Å². The lowest BCUT2D eigenvalue weighted by Crippen LogP contribution is -2.55. The number of aromatic nitrogens is 4. The predicted octanol–water partition coefficient (Wildman–Crippen LogP) is 3.71. The van der Waals surface area contributed by atoms with Crippen molar-refractivity contribution >= 4 is 40.4 Å². The van der Waals surface area contributed by atoms with Gasteiger partial charge in [0.05, 0.1) is 5.69 Å². The Hall–Kier alpha value is -3.89. The highest BCUT2D eigenvalue weighted by Crippen LogP contribution is 2.35. The molecule has 0 spiro atoms. The second-order valence-corrected chi connectivity index (χ2v) is 10.8. The largest absolute Gasteiger partial charge is 0.444 e. The van der Waals surface area contributed by atoms with E-state index in [0.29, 0.717) is 44.2 Å². The Labute approximate surface area is 216 Å². The summed E-state index contributed by atoms with van der Waals surface area (Å²) < 4.78 is 7.32. The fraction of sp³-hybridized carbons (Fsp3) is 0.500. The van der Waals surface area contributed by atoms with Gasteiger partial charge in [-0.2, -0.15) is 5.10 Å². The van der Waals surface area contributed by atoms with Crippen molar-refractivity contribution in [2.24, 2.45) is 7.05 Å². The summed E-state index contributed by atoms with van der Waals surface area (Å²) in [6.07, 6.45) is 4.08. The quantitative estimate of drug-likeness (QED) is 0.564. The molecule has 196 valence electrons. The van der Waals surface area contributed by atoms with E-state index >= 15 is 0 Å². The summed E-state index contributed by atoms with van der Waals surface area (Å²) in [5, 5.41) is 8.28. The fourth-order valence-electron chi connectivity index (χ4n) is 5.08. The third-order valence-electron chi connectivity index (χ3n) is 6.71. The van der Waals surface area contributed by atoms with Crippen LogP contribution < -0.4 is 15.1 Å². The van der Waals surface area contributed by atoms with Crippen LogP contribution in [0, 0.1) is 6.92 Å². The molecule has 0 aromatic carbocycles. The molecule has 2 aliphatic rings. The zero-order chi connectivity index (χ0) is 26.5. The summed E-state index contributed by atoms with van der Waals surface area (Å²) >= 11 is 0. The van der Waals surface area contributed by atoms with Gasteiger partial charge >= 0.3 is 12.1 Å². The number of nitrogens with zero attached hydrogens (tertiary/aromatic N) is 7. The zero-order valence-corrected chi connectivity index (χ0v) is 22.3. The van der Waals surface area contributed by atoms with Gasteiger partial charge in [-0.15, -0.1) is 0 Å². The van der Waals surface area contributed by atoms with E-state index in [1.54, 1.807) is 20.7 Å². The molecule has 11 heteroatoms. The maximum Gasteiger partial charge on any atom is 0.410 e. The van der Waals surface area contributed by atoms with Crippen LogP contribution in [0.5, 0.6) is 0 Å². The number of fused-ring (bicyclic) bond motifs is 2. The van der Waals surface area contributed by atoms with Crippen LogP contribution >= 0.6 is 0 Å². The van der Waals surface area contributed by atoms with Gasteiger partial charge in [0.1, 0.15) is 22.8 Å². The van der Waals surface area contributed by atoms with Crippen molar-refractivity contribution in [3.8, 4) is 0 Å². The molecule has 1 N–H and O–H groups in total. The van der Waals surface area contributed by atoms with E-state index in [9.17, 15) is 9.59 Å². The van der Waals surface area contributed by atoms with E-state index in [1.165, 1.54) is 0 Å². The van der Waals surface area contributed by atoms with Gasteiger partial charge in [-0.3, -0.25) is 14.9 Å². The van der Waals surface area contributed by atoms with Crippen molar-refractivity contribution in [2.75, 3.05) is 41.3 Å². The smallest absolute Gasteiger partial charge is 0.410 e. The number of carbonyl (C=O) groups excluding carboxylic acids is 2. The summed E-state index contributed by atoms with van der Waals surface area (Å²) in [6, 6.07) is 3.56. The molecule has 1 saturated heterocycles. The van der Waals surface area contributed by atoms with Crippen LogP contribution in [0.2, 0.25) is 0 Å². The van der Waals surface area contributed by atoms with Gasteiger partial charge in [-0.25, -0.2) is 19.6 Å². The summed E-state index contributed by atoms with van der Waals surface area (Å²) in [7, 11) is 1.86. The molecule has 37 heavy (non-hydrogen) atoms. The van der Waals surface area contributed by atoms with E-state index in [1.807, 2.05) is 60.0 Å². The number of anilines is 3. The average molecular weight is 507 g/mol. The van der Waals surface area contributed by atoms with E-state index in [2.05, 4.69) is 25.3 Å². The molecule has 0 aliphatic carbocycles. The summed E-state index contributed by atoms with van der Waals surface area (Å²) in [4.78, 5) is 40.7. The van der Waals surface area contributed by atoms with Crippen LogP contribution in [0.25, 0.3) is 10.9 Å². The highest BCUT2D eigenvalue weighted by Gasteiger charge is 2.34. The average Bonchev–Trinajstić information content (AvgIpc) is 3.41. The summed E-state index contributed by atoms with van der Waals surface area (Å²) in [5.74, 6) is 1.15. The summed E-state index contributed by atoms with van der Waals surface area (Å²) in [5.41, 5.74) is 3.15. The number of carbonyl (C=O) groups is 2. The number of amides is 3. The van der Waals surface area contributed by atoms with Crippen molar-refractivity contribution in [2.45, 2.75) is 52.7 Å². The molecule has 0 bridgehead atoms. The number of aryl methyl sites for hydroxylation is 2. The van der Waals surface area contributed by atoms with Crippen LogP contribution in [-0.4, -0.2) is 74.6 Å². The molecular formula is C26H34N8O3. The molecule has 11 nitrogen and oxygen atoms in total. The van der Waals surface area contributed by atoms with Gasteiger partial charge in [-0.05, 0) is 53.2 Å². The van der Waals surface area contributed by atoms with E-state index in [-0.39, 0.29) is 18.2 Å². The molecular weight excluding hydrogens is 472 g/mol. The number of ether oxygens (including phenoxy) is 1. The van der Waals surface area contributed by atoms with Gasteiger partial charge in [0, 0.05) is 68.3 Å². The third-order valence-corrected chi connectivity index (χ3v) is 6.71. The Morgan fingerprint density at radius 3 is 2.70 bits per heavy atom. The summed E-state index contributed by atoms with van der Waals surface area (Å²) in [6.45, 7) is 12.0. The Morgan fingerprint density at radius 2 is 1.97 bits per heavy atom. The lowest BCUT2D eigenvalue weighted by Gasteiger charge is -2.41. The highest BCUT2D eigenvalue weighted by molar-refractivity contribution is 6.03. The topological polar surface area (TPSA) is 109 Å². The van der Waals surface area contributed by atoms with E-state index < -0.39 is 5.60 Å². The Morgan fingerprint density at radius 1 is 1.19 bits per heavy atom. The third kappa shape index (κ3) is 4.90. The molecule has 3 aromatic heterocycles. The van der Waals surface area contributed by atoms with Crippen LogP contribution in [0.1, 0.15) is 39.0 Å². The molecule has 0 unspecified atom stereocenters. The monoisotopic (exact) mass is 506 g/mol. The molecule has 1 atom stereocenters. The minimum Gasteiger partial charge on any atom is -0.444 e. The van der Waals surface area contributed by atoms with Crippen LogP contribution in [0.4, 0.5) is 26.9 Å². The molecule has 3 aromatic rings. The molecule has 5 rings (SSSR count). The number of hydrogen-bond donors (Lipinski definition) is 1. The Bertz CT molecular complexity index is 1360. The number of pyridine rings is 2. The molecule has 1 fully saturated rings. The highest BCUT2D eigenvalue weighted by atomic mass is 16.6. The van der Waals surface area contributed by atoms with Crippen molar-refractivity contribution in [1.82, 2.24) is 24.6 Å². The first-order valence-electron chi connectivity index (χ1n) is 12.6. The van der Waals surface area contributed by atoms with Gasteiger partial charge in [0.2, 0.25) is 0 Å². The predicted molar refractivity (Wildman–Crippen MR) is 142 cm³/mol. The minimum absolute atomic E-state index is 0.00933. The van der Waals surface area contributed by atoms with Crippen LogP contribution in [0.3, 0.4) is 0 Å². The van der Waals surface area contributed by atoms with Gasteiger partial charge < -0.3 is 14.5 Å². The maximum atomic E-state index is 13.2. The van der Waals surface area contributed by atoms with E-state index in [0.717, 1.165) is 27.8 Å². The number of rotatable bonds is 2. The zero-order valence-electron chi connectivity index (χ0n) is 22.3. The molecule has 0 radical (unpaired) electrons. The number of hydrogen-bond acceptors (Lipinski definition) is 7. The molecule has 3 amide bonds. The van der Waals surface area contributed by atoms with Gasteiger partial charge in [-0.1, -0.05) is 0 Å². The Kier molecular flexibility index (Phi) is 6.17. The first kappa shape index (κ1) is 24.8. The van der Waals surface area contributed by atoms with Crippen molar-refractivity contribution in [3.63, 3.8) is 0 Å². The van der Waals surface area contributed by atoms with E-state index in [4.69, 9.17) is 4.74 Å². The van der Waals surface area contributed by atoms with Crippen molar-refractivity contribution in [1.29, 1.82) is 0 Å². The van der Waals surface area contributed by atoms with Crippen LogP contribution in [0.15, 0.2) is 24.5 Å². The SMILES string of the molecule is Cc1nc(NC(=O)N2CCc3c(N4CCN(C(=O)OC(C)(C)C)[C@H](C)C4)ccnc32)cc2cn(C)nc12. The second-order valence-electron chi connectivity index (χ2n) is 10.8. The fourth-order valence-corrected chi connectivity index (χ4v) is 5.08. The lowest BCUT2D eigenvalue weighted by molar-refractivity contribution is 0.0159. The molecule has 0 saturated carbocycles. The van der Waals surface area contributed by atoms with Crippen molar-refractivity contribution < 1.29 is 14.3 Å². The van der Waals surface area contributed by atoms with Crippen molar-refractivity contribution in [3.05, 3.63) is 35.8 Å². The standard InChI is InChI=1S/C26H34N8O3/c1-16-14-32(11-12-33(16)25(36)37-26(3,4)5)20-7-9-27-23-19(20)8-10-34(23)24(35)29-21-13-18-15-31(6)30-22(18)17(2)28-21/h7,9,13,15-16H,8,10-12,14H2,1-6H3,(H,29,35)/t16-/m1/s1. The number of urea groups is 1. The second kappa shape index (κ2) is 9.20. The normalized spacial score (nSPS) is 17.8. The Balaban J connectivity index is 1.31. The minimum atomic E-state index is -0.526. The lowest BCUT2D eigenvalue weighted by atomic mass is 10.1. The number of nitrogens with one attached hydrogen (secondary N) is 1. The first-order valence-corrected chi connectivity index (χ1v) is 12.6. The van der Waals surface area contributed by atoms with Gasteiger partial charge in [0.25, 0.3) is 0 Å². The van der Waals surface area contributed by atoms with Crippen LogP contribution in [-0.2, 0) is 18.2 Å². The maximum absolute atomic E-state index is 13.2. The molecule has 2 aliphatic heterocycles. The molecule has 5 heterocycles. The first-order chi connectivity index (χ1) is 17.5.